The highest BCUT2D eigenvalue weighted by molar-refractivity contribution is 5.87. The molecule has 1 unspecified atom stereocenters. The van der Waals surface area contributed by atoms with E-state index in [0.29, 0.717) is 18.6 Å². The standard InChI is InChI=1S/C14H18O4/c1-11(6-7-12-4-2-8-16-12)14(15)18-10-13-5-3-9-17-13/h2,4,6,8,13H,3,5,7,9-10H2,1H3. The van der Waals surface area contributed by atoms with Crippen molar-refractivity contribution in [3.63, 3.8) is 0 Å². The van der Waals surface area contributed by atoms with Crippen LogP contribution in [0.15, 0.2) is 34.5 Å². The molecule has 0 aromatic carbocycles. The normalized spacial score (nSPS) is 20.1. The molecule has 1 atom stereocenters. The van der Waals surface area contributed by atoms with Gasteiger partial charge in [0.05, 0.1) is 12.4 Å². The second-order valence-electron chi connectivity index (χ2n) is 4.40. The van der Waals surface area contributed by atoms with Crippen LogP contribution in [-0.4, -0.2) is 25.3 Å². The number of carbonyl (C=O) groups excluding carboxylic acids is 1. The summed E-state index contributed by atoms with van der Waals surface area (Å²) in [5.74, 6) is 0.554. The molecule has 0 N–H and O–H groups in total. The van der Waals surface area contributed by atoms with Crippen molar-refractivity contribution in [2.24, 2.45) is 0 Å². The first kappa shape index (κ1) is 12.9. The quantitative estimate of drug-likeness (QED) is 0.595. The van der Waals surface area contributed by atoms with E-state index < -0.39 is 0 Å². The topological polar surface area (TPSA) is 48.7 Å². The van der Waals surface area contributed by atoms with Gasteiger partial charge in [-0.25, -0.2) is 4.79 Å². The van der Waals surface area contributed by atoms with Crippen molar-refractivity contribution < 1.29 is 18.7 Å². The van der Waals surface area contributed by atoms with E-state index in [1.165, 1.54) is 0 Å². The van der Waals surface area contributed by atoms with E-state index in [-0.39, 0.29) is 12.1 Å². The Balaban J connectivity index is 1.75. The molecule has 0 spiro atoms. The van der Waals surface area contributed by atoms with Crippen LogP contribution in [0.1, 0.15) is 25.5 Å². The molecule has 0 amide bonds. The number of rotatable bonds is 5. The highest BCUT2D eigenvalue weighted by atomic mass is 16.6. The Morgan fingerprint density at radius 3 is 3.17 bits per heavy atom. The van der Waals surface area contributed by atoms with Crippen LogP contribution in [0.3, 0.4) is 0 Å². The maximum Gasteiger partial charge on any atom is 0.333 e. The zero-order valence-electron chi connectivity index (χ0n) is 10.6. The lowest BCUT2D eigenvalue weighted by Crippen LogP contribution is -2.18. The smallest absolute Gasteiger partial charge is 0.333 e. The monoisotopic (exact) mass is 250 g/mol. The van der Waals surface area contributed by atoms with E-state index in [2.05, 4.69) is 0 Å². The van der Waals surface area contributed by atoms with Gasteiger partial charge in [-0.1, -0.05) is 6.08 Å². The molecule has 2 heterocycles. The van der Waals surface area contributed by atoms with E-state index in [4.69, 9.17) is 13.9 Å². The maximum absolute atomic E-state index is 11.7. The van der Waals surface area contributed by atoms with Crippen LogP contribution in [0.2, 0.25) is 0 Å². The van der Waals surface area contributed by atoms with Gasteiger partial charge in [0, 0.05) is 18.6 Å². The molecule has 1 aliphatic rings. The first-order valence-corrected chi connectivity index (χ1v) is 6.23. The summed E-state index contributed by atoms with van der Waals surface area (Å²) in [5, 5.41) is 0. The fourth-order valence-corrected chi connectivity index (χ4v) is 1.82. The Morgan fingerprint density at radius 2 is 2.50 bits per heavy atom. The molecule has 1 aromatic rings. The lowest BCUT2D eigenvalue weighted by atomic mass is 10.2. The number of esters is 1. The van der Waals surface area contributed by atoms with Crippen molar-refractivity contribution in [2.75, 3.05) is 13.2 Å². The second-order valence-corrected chi connectivity index (χ2v) is 4.40. The Bertz CT molecular complexity index is 399. The zero-order chi connectivity index (χ0) is 12.8. The van der Waals surface area contributed by atoms with Gasteiger partial charge in [-0.15, -0.1) is 0 Å². The maximum atomic E-state index is 11.7. The Morgan fingerprint density at radius 1 is 1.61 bits per heavy atom. The van der Waals surface area contributed by atoms with Gasteiger partial charge in [0.25, 0.3) is 0 Å². The fourth-order valence-electron chi connectivity index (χ4n) is 1.82. The third kappa shape index (κ3) is 3.74. The zero-order valence-corrected chi connectivity index (χ0v) is 10.6. The molecule has 1 aromatic heterocycles. The number of ether oxygens (including phenoxy) is 2. The van der Waals surface area contributed by atoms with Crippen molar-refractivity contribution in [2.45, 2.75) is 32.3 Å². The van der Waals surface area contributed by atoms with Crippen LogP contribution < -0.4 is 0 Å². The highest BCUT2D eigenvalue weighted by Crippen LogP contribution is 2.13. The molecule has 4 heteroatoms. The number of hydrogen-bond donors (Lipinski definition) is 0. The third-order valence-electron chi connectivity index (χ3n) is 2.94. The fraction of sp³-hybridized carbons (Fsp3) is 0.500. The van der Waals surface area contributed by atoms with Gasteiger partial charge in [0.2, 0.25) is 0 Å². The molecule has 0 aliphatic carbocycles. The number of allylic oxidation sites excluding steroid dienone is 1. The first-order chi connectivity index (χ1) is 8.75. The molecule has 98 valence electrons. The van der Waals surface area contributed by atoms with Gasteiger partial charge < -0.3 is 13.9 Å². The predicted molar refractivity (Wildman–Crippen MR) is 66.1 cm³/mol. The highest BCUT2D eigenvalue weighted by Gasteiger charge is 2.17. The Hall–Kier alpha value is -1.55. The molecule has 18 heavy (non-hydrogen) atoms. The molecule has 1 aliphatic heterocycles. The Labute approximate surface area is 107 Å². The minimum absolute atomic E-state index is 0.0758. The molecular weight excluding hydrogens is 232 g/mol. The van der Waals surface area contributed by atoms with Crippen molar-refractivity contribution in [1.82, 2.24) is 0 Å². The summed E-state index contributed by atoms with van der Waals surface area (Å²) >= 11 is 0. The summed E-state index contributed by atoms with van der Waals surface area (Å²) in [7, 11) is 0. The van der Waals surface area contributed by atoms with Gasteiger partial charge in [0.1, 0.15) is 12.4 Å². The van der Waals surface area contributed by atoms with Crippen molar-refractivity contribution >= 4 is 5.97 Å². The van der Waals surface area contributed by atoms with Crippen LogP contribution in [0.4, 0.5) is 0 Å². The van der Waals surface area contributed by atoms with Crippen LogP contribution >= 0.6 is 0 Å². The van der Waals surface area contributed by atoms with Gasteiger partial charge in [-0.2, -0.15) is 0 Å². The molecule has 2 rings (SSSR count). The SMILES string of the molecule is CC(=CCc1ccco1)C(=O)OCC1CCCO1. The third-order valence-corrected chi connectivity index (χ3v) is 2.94. The van der Waals surface area contributed by atoms with Gasteiger partial charge in [-0.3, -0.25) is 0 Å². The summed E-state index contributed by atoms with van der Waals surface area (Å²) < 4.78 is 15.8. The molecular formula is C14H18O4. The van der Waals surface area contributed by atoms with Gasteiger partial charge >= 0.3 is 5.97 Å². The molecule has 1 saturated heterocycles. The Kier molecular flexibility index (Phi) is 4.59. The van der Waals surface area contributed by atoms with E-state index in [0.717, 1.165) is 25.2 Å². The van der Waals surface area contributed by atoms with Gasteiger partial charge in [-0.05, 0) is 31.9 Å². The minimum atomic E-state index is -0.281. The average Bonchev–Trinajstić information content (AvgIpc) is 3.05. The van der Waals surface area contributed by atoms with Gasteiger partial charge in [0.15, 0.2) is 0 Å². The largest absolute Gasteiger partial charge is 0.469 e. The molecule has 0 saturated carbocycles. The summed E-state index contributed by atoms with van der Waals surface area (Å²) in [4.78, 5) is 11.7. The summed E-state index contributed by atoms with van der Waals surface area (Å²) in [6.45, 7) is 2.88. The number of carbonyl (C=O) groups is 1. The minimum Gasteiger partial charge on any atom is -0.469 e. The lowest BCUT2D eigenvalue weighted by molar-refractivity contribution is -0.142. The van der Waals surface area contributed by atoms with Crippen LogP contribution in [0.25, 0.3) is 0 Å². The molecule has 1 fully saturated rings. The van der Waals surface area contributed by atoms with E-state index in [9.17, 15) is 4.79 Å². The predicted octanol–water partition coefficient (Wildman–Crippen LogP) is 2.49. The van der Waals surface area contributed by atoms with Crippen LogP contribution in [0.5, 0.6) is 0 Å². The van der Waals surface area contributed by atoms with E-state index >= 15 is 0 Å². The number of furan rings is 1. The summed E-state index contributed by atoms with van der Waals surface area (Å²) in [5.41, 5.74) is 0.601. The van der Waals surface area contributed by atoms with Crippen molar-refractivity contribution in [3.05, 3.63) is 35.8 Å². The molecule has 0 radical (unpaired) electrons. The van der Waals surface area contributed by atoms with E-state index in [1.807, 2.05) is 18.2 Å². The first-order valence-electron chi connectivity index (χ1n) is 6.23. The van der Waals surface area contributed by atoms with Crippen molar-refractivity contribution in [3.8, 4) is 0 Å². The summed E-state index contributed by atoms with van der Waals surface area (Å²) in [6, 6.07) is 3.70. The summed E-state index contributed by atoms with van der Waals surface area (Å²) in [6.07, 6.45) is 6.14. The van der Waals surface area contributed by atoms with Crippen LogP contribution in [-0.2, 0) is 20.7 Å². The average molecular weight is 250 g/mol. The van der Waals surface area contributed by atoms with E-state index in [1.54, 1.807) is 13.2 Å². The second kappa shape index (κ2) is 6.40. The molecule has 4 nitrogen and oxygen atoms in total. The lowest BCUT2D eigenvalue weighted by Gasteiger charge is -2.10. The van der Waals surface area contributed by atoms with Crippen LogP contribution in [0, 0.1) is 0 Å². The number of hydrogen-bond acceptors (Lipinski definition) is 4. The van der Waals surface area contributed by atoms with Crippen molar-refractivity contribution in [1.29, 1.82) is 0 Å². The molecule has 0 bridgehead atoms.